The van der Waals surface area contributed by atoms with Crippen molar-refractivity contribution in [3.05, 3.63) is 87.7 Å². The van der Waals surface area contributed by atoms with Gasteiger partial charge in [0.05, 0.1) is 11.4 Å². The van der Waals surface area contributed by atoms with Gasteiger partial charge in [-0.2, -0.15) is 0 Å². The number of nitrogens with one attached hydrogen (secondary N) is 2. The van der Waals surface area contributed by atoms with Crippen LogP contribution in [0.5, 0.6) is 0 Å². The second kappa shape index (κ2) is 10.2. The lowest BCUT2D eigenvalue weighted by Crippen LogP contribution is -2.23. The highest BCUT2D eigenvalue weighted by Gasteiger charge is 2.15. The van der Waals surface area contributed by atoms with E-state index in [1.165, 1.54) is 11.3 Å². The summed E-state index contributed by atoms with van der Waals surface area (Å²) in [5.74, 6) is 0.879. The van der Waals surface area contributed by atoms with E-state index in [1.807, 2.05) is 61.7 Å². The smallest absolute Gasteiger partial charge is 0.261 e. The van der Waals surface area contributed by atoms with Crippen LogP contribution in [0.2, 0.25) is 0 Å². The van der Waals surface area contributed by atoms with Crippen LogP contribution in [-0.4, -0.2) is 21.8 Å². The number of benzene rings is 1. The third-order valence-electron chi connectivity index (χ3n) is 5.13. The van der Waals surface area contributed by atoms with Gasteiger partial charge in [0, 0.05) is 30.1 Å². The standard InChI is InChI=1S/C25H24N4O3S/c1-16-10-12-33-23(16)24(31)27-15-21-17(2)32-25(29-21)19-6-3-7-20(13-19)28-22(30)9-8-18-5-4-11-26-14-18/h3-7,10-14H,8-9,15H2,1-2H3,(H,27,31)(H,28,30). The van der Waals surface area contributed by atoms with Gasteiger partial charge >= 0.3 is 0 Å². The lowest BCUT2D eigenvalue weighted by Gasteiger charge is -2.06. The fraction of sp³-hybridized carbons (Fsp3) is 0.200. The molecule has 168 valence electrons. The number of amides is 2. The number of nitrogens with zero attached hydrogens (tertiary/aromatic N) is 2. The molecule has 0 aliphatic heterocycles. The molecule has 1 aromatic carbocycles. The molecule has 0 unspecified atom stereocenters. The Morgan fingerprint density at radius 1 is 1.12 bits per heavy atom. The van der Waals surface area contributed by atoms with Crippen LogP contribution in [0.15, 0.2) is 64.7 Å². The molecular weight excluding hydrogens is 436 g/mol. The number of carbonyl (C=O) groups is 2. The second-order valence-corrected chi connectivity index (χ2v) is 8.54. The summed E-state index contributed by atoms with van der Waals surface area (Å²) in [5, 5.41) is 7.72. The number of oxazole rings is 1. The number of aromatic nitrogens is 2. The van der Waals surface area contributed by atoms with E-state index in [9.17, 15) is 9.59 Å². The van der Waals surface area contributed by atoms with E-state index in [0.29, 0.717) is 40.8 Å². The fourth-order valence-electron chi connectivity index (χ4n) is 3.32. The Kier molecular flexibility index (Phi) is 6.95. The van der Waals surface area contributed by atoms with Gasteiger partial charge in [-0.3, -0.25) is 14.6 Å². The van der Waals surface area contributed by atoms with E-state index in [0.717, 1.165) is 16.7 Å². The number of rotatable bonds is 8. The number of anilines is 1. The first-order valence-electron chi connectivity index (χ1n) is 10.6. The molecule has 8 heteroatoms. The van der Waals surface area contributed by atoms with Crippen molar-refractivity contribution >= 4 is 28.8 Å². The molecule has 4 rings (SSSR count). The summed E-state index contributed by atoms with van der Waals surface area (Å²) in [7, 11) is 0. The molecule has 4 aromatic rings. The van der Waals surface area contributed by atoms with Gasteiger partial charge in [0.25, 0.3) is 5.91 Å². The molecule has 0 bridgehead atoms. The highest BCUT2D eigenvalue weighted by molar-refractivity contribution is 7.12. The van der Waals surface area contributed by atoms with E-state index < -0.39 is 0 Å². The Hall–Kier alpha value is -3.78. The predicted molar refractivity (Wildman–Crippen MR) is 128 cm³/mol. The first-order chi connectivity index (χ1) is 16.0. The van der Waals surface area contributed by atoms with Gasteiger partial charge in [0.15, 0.2) is 0 Å². The number of carbonyl (C=O) groups excluding carboxylic acids is 2. The van der Waals surface area contributed by atoms with Crippen LogP contribution in [0, 0.1) is 13.8 Å². The molecule has 0 fully saturated rings. The molecular formula is C25H24N4O3S. The minimum atomic E-state index is -0.123. The lowest BCUT2D eigenvalue weighted by molar-refractivity contribution is -0.116. The van der Waals surface area contributed by atoms with Crippen LogP contribution in [0.1, 0.15) is 38.7 Å². The average molecular weight is 461 g/mol. The zero-order valence-corrected chi connectivity index (χ0v) is 19.2. The molecule has 7 nitrogen and oxygen atoms in total. The summed E-state index contributed by atoms with van der Waals surface area (Å²) >= 11 is 1.41. The minimum absolute atomic E-state index is 0.0770. The number of hydrogen-bond acceptors (Lipinski definition) is 6. The van der Waals surface area contributed by atoms with Crippen LogP contribution in [0.3, 0.4) is 0 Å². The molecule has 0 saturated heterocycles. The Labute approximate surface area is 195 Å². The topological polar surface area (TPSA) is 97.1 Å². The quantitative estimate of drug-likeness (QED) is 0.389. The van der Waals surface area contributed by atoms with Gasteiger partial charge in [-0.15, -0.1) is 11.3 Å². The molecule has 3 aromatic heterocycles. The maximum Gasteiger partial charge on any atom is 0.261 e. The molecule has 2 N–H and O–H groups in total. The normalized spacial score (nSPS) is 10.7. The minimum Gasteiger partial charge on any atom is -0.441 e. The van der Waals surface area contributed by atoms with E-state index in [-0.39, 0.29) is 18.4 Å². The van der Waals surface area contributed by atoms with Crippen molar-refractivity contribution in [2.75, 3.05) is 5.32 Å². The molecule has 0 atom stereocenters. The van der Waals surface area contributed by atoms with Gasteiger partial charge in [-0.25, -0.2) is 4.98 Å². The maximum absolute atomic E-state index is 12.4. The largest absolute Gasteiger partial charge is 0.441 e. The molecule has 33 heavy (non-hydrogen) atoms. The van der Waals surface area contributed by atoms with Crippen molar-refractivity contribution in [2.24, 2.45) is 0 Å². The Bertz CT molecular complexity index is 1260. The van der Waals surface area contributed by atoms with Gasteiger partial charge in [-0.05, 0) is 67.1 Å². The number of thiophene rings is 1. The number of pyridine rings is 1. The molecule has 0 spiro atoms. The summed E-state index contributed by atoms with van der Waals surface area (Å²) in [6, 6.07) is 13.1. The van der Waals surface area contributed by atoms with Crippen LogP contribution in [0.25, 0.3) is 11.5 Å². The van der Waals surface area contributed by atoms with Crippen LogP contribution < -0.4 is 10.6 Å². The average Bonchev–Trinajstić information content (AvgIpc) is 3.42. The number of hydrogen-bond donors (Lipinski definition) is 2. The third kappa shape index (κ3) is 5.72. The summed E-state index contributed by atoms with van der Waals surface area (Å²) in [6.07, 6.45) is 4.46. The van der Waals surface area contributed by atoms with E-state index >= 15 is 0 Å². The van der Waals surface area contributed by atoms with Gasteiger partial charge in [0.2, 0.25) is 11.8 Å². The predicted octanol–water partition coefficient (Wildman–Crippen LogP) is 4.92. The SMILES string of the molecule is Cc1ccsc1C(=O)NCc1nc(-c2cccc(NC(=O)CCc3cccnc3)c2)oc1C. The van der Waals surface area contributed by atoms with Crippen molar-refractivity contribution in [1.82, 2.24) is 15.3 Å². The van der Waals surface area contributed by atoms with Crippen molar-refractivity contribution in [2.45, 2.75) is 33.2 Å². The summed E-state index contributed by atoms with van der Waals surface area (Å²) in [5.41, 5.74) is 4.05. The Morgan fingerprint density at radius 3 is 2.76 bits per heavy atom. The summed E-state index contributed by atoms with van der Waals surface area (Å²) in [4.78, 5) is 34.0. The van der Waals surface area contributed by atoms with Crippen molar-refractivity contribution < 1.29 is 14.0 Å². The van der Waals surface area contributed by atoms with Gasteiger partial charge in [0.1, 0.15) is 11.5 Å². The molecule has 0 aliphatic carbocycles. The van der Waals surface area contributed by atoms with Crippen LogP contribution in [-0.2, 0) is 17.8 Å². The lowest BCUT2D eigenvalue weighted by atomic mass is 10.1. The molecule has 2 amide bonds. The molecule has 3 heterocycles. The molecule has 0 saturated carbocycles. The van der Waals surface area contributed by atoms with Gasteiger partial charge in [-0.1, -0.05) is 12.1 Å². The number of aryl methyl sites for hydroxylation is 3. The Balaban J connectivity index is 1.38. The van der Waals surface area contributed by atoms with Crippen LogP contribution in [0.4, 0.5) is 5.69 Å². The highest BCUT2D eigenvalue weighted by Crippen LogP contribution is 2.25. The summed E-state index contributed by atoms with van der Waals surface area (Å²) in [6.45, 7) is 4.00. The third-order valence-corrected chi connectivity index (χ3v) is 6.15. The van der Waals surface area contributed by atoms with Crippen LogP contribution >= 0.6 is 11.3 Å². The first-order valence-corrected chi connectivity index (χ1v) is 11.5. The second-order valence-electron chi connectivity index (χ2n) is 7.63. The highest BCUT2D eigenvalue weighted by atomic mass is 32.1. The van der Waals surface area contributed by atoms with E-state index in [1.54, 1.807) is 12.4 Å². The zero-order chi connectivity index (χ0) is 23.2. The van der Waals surface area contributed by atoms with Crippen molar-refractivity contribution in [3.63, 3.8) is 0 Å². The first kappa shape index (κ1) is 22.4. The maximum atomic E-state index is 12.4. The van der Waals surface area contributed by atoms with Gasteiger partial charge < -0.3 is 15.1 Å². The molecule has 0 radical (unpaired) electrons. The van der Waals surface area contributed by atoms with E-state index in [2.05, 4.69) is 20.6 Å². The van der Waals surface area contributed by atoms with Crippen molar-refractivity contribution in [3.8, 4) is 11.5 Å². The molecule has 0 aliphatic rings. The van der Waals surface area contributed by atoms with E-state index in [4.69, 9.17) is 4.42 Å². The Morgan fingerprint density at radius 2 is 2.00 bits per heavy atom. The fourth-order valence-corrected chi connectivity index (χ4v) is 4.16. The zero-order valence-electron chi connectivity index (χ0n) is 18.4. The van der Waals surface area contributed by atoms with Crippen molar-refractivity contribution in [1.29, 1.82) is 0 Å². The summed E-state index contributed by atoms with van der Waals surface area (Å²) < 4.78 is 5.83. The monoisotopic (exact) mass is 460 g/mol.